The minimum Gasteiger partial charge on any atom is -0.329 e. The number of piperidine rings is 1. The maximum absolute atomic E-state index is 15.1. The molecule has 0 bridgehead atoms. The minimum absolute atomic E-state index is 0.0293. The summed E-state index contributed by atoms with van der Waals surface area (Å²) in [5.41, 5.74) is 1.05. The Labute approximate surface area is 258 Å². The number of carbonyl (C=O) groups excluding carboxylic acids is 1. The number of halogens is 3. The van der Waals surface area contributed by atoms with Gasteiger partial charge in [-0.3, -0.25) is 9.10 Å². The summed E-state index contributed by atoms with van der Waals surface area (Å²) in [5, 5.41) is 1.17. The van der Waals surface area contributed by atoms with Crippen LogP contribution >= 0.6 is 23.2 Å². The first kappa shape index (κ1) is 30.6. The number of benzene rings is 3. The molecule has 5 rings (SSSR count). The van der Waals surface area contributed by atoms with Gasteiger partial charge in [0.25, 0.3) is 0 Å². The lowest BCUT2D eigenvalue weighted by atomic mass is 9.67. The molecule has 3 aromatic carbocycles. The van der Waals surface area contributed by atoms with Crippen molar-refractivity contribution in [3.8, 4) is 0 Å². The molecule has 0 N–H and O–H groups in total. The molecule has 0 radical (unpaired) electrons. The van der Waals surface area contributed by atoms with Crippen LogP contribution in [0.1, 0.15) is 55.7 Å². The monoisotopic (exact) mass is 628 g/mol. The number of hydrogen-bond donors (Lipinski definition) is 0. The van der Waals surface area contributed by atoms with Gasteiger partial charge in [-0.25, -0.2) is 12.8 Å². The van der Waals surface area contributed by atoms with Crippen LogP contribution in [0.5, 0.6) is 0 Å². The standard InChI is InChI=1S/C33H35Cl2FN2O3S/c1-4-18-33(2)20-27(24-8-7-9-26(35)19-24)31(23-14-16-25(34)17-15-23)38(32(33)39)30(22-12-13-22)21-37(42(3,40)41)29-11-6-5-10-28(29)36/h4-11,14-17,19,22,27,30-31H,1,12-13,18,20-21H2,2-3H3/t27-,30-,31?,33+/m1/s1. The highest BCUT2D eigenvalue weighted by Gasteiger charge is 2.54. The summed E-state index contributed by atoms with van der Waals surface area (Å²) in [5.74, 6) is -0.802. The Bertz CT molecular complexity index is 1580. The maximum atomic E-state index is 15.1. The number of hydrogen-bond acceptors (Lipinski definition) is 3. The van der Waals surface area contributed by atoms with Crippen molar-refractivity contribution in [1.82, 2.24) is 4.90 Å². The fourth-order valence-electron chi connectivity index (χ4n) is 6.43. The van der Waals surface area contributed by atoms with Gasteiger partial charge in [-0.15, -0.1) is 6.58 Å². The molecule has 2 fully saturated rings. The molecule has 222 valence electrons. The van der Waals surface area contributed by atoms with E-state index in [9.17, 15) is 13.2 Å². The summed E-state index contributed by atoms with van der Waals surface area (Å²) in [6, 6.07) is 20.1. The summed E-state index contributed by atoms with van der Waals surface area (Å²) >= 11 is 12.8. The molecule has 4 atom stereocenters. The van der Waals surface area contributed by atoms with Gasteiger partial charge >= 0.3 is 0 Å². The van der Waals surface area contributed by atoms with E-state index in [0.29, 0.717) is 22.9 Å². The average molecular weight is 630 g/mol. The number of allylic oxidation sites excluding steroid dienone is 1. The first-order chi connectivity index (χ1) is 19.9. The zero-order valence-corrected chi connectivity index (χ0v) is 26.0. The van der Waals surface area contributed by atoms with E-state index in [0.717, 1.165) is 34.5 Å². The van der Waals surface area contributed by atoms with Crippen LogP contribution in [0.15, 0.2) is 85.5 Å². The van der Waals surface area contributed by atoms with E-state index in [4.69, 9.17) is 23.2 Å². The molecule has 1 heterocycles. The Kier molecular flexibility index (Phi) is 8.75. The van der Waals surface area contributed by atoms with Crippen molar-refractivity contribution in [1.29, 1.82) is 0 Å². The zero-order valence-electron chi connectivity index (χ0n) is 23.7. The van der Waals surface area contributed by atoms with Crippen molar-refractivity contribution in [2.75, 3.05) is 17.1 Å². The van der Waals surface area contributed by atoms with E-state index in [2.05, 4.69) is 6.58 Å². The number of sulfonamides is 1. The molecule has 0 aromatic heterocycles. The lowest BCUT2D eigenvalue weighted by molar-refractivity contribution is -0.154. The van der Waals surface area contributed by atoms with Crippen LogP contribution in [0.3, 0.4) is 0 Å². The minimum atomic E-state index is -3.89. The first-order valence-corrected chi connectivity index (χ1v) is 16.7. The Morgan fingerprint density at radius 2 is 1.74 bits per heavy atom. The summed E-state index contributed by atoms with van der Waals surface area (Å²) in [6.07, 6.45) is 5.53. The Morgan fingerprint density at radius 1 is 1.05 bits per heavy atom. The molecule has 42 heavy (non-hydrogen) atoms. The van der Waals surface area contributed by atoms with Crippen molar-refractivity contribution < 1.29 is 17.6 Å². The second-order valence-corrected chi connectivity index (χ2v) is 14.6. The van der Waals surface area contributed by atoms with E-state index in [1.807, 2.05) is 48.2 Å². The molecular formula is C33H35Cl2FN2O3S. The highest BCUT2D eigenvalue weighted by molar-refractivity contribution is 7.92. The second-order valence-electron chi connectivity index (χ2n) is 11.8. The number of carbonyl (C=O) groups is 1. The van der Waals surface area contributed by atoms with Crippen LogP contribution in [0.25, 0.3) is 0 Å². The number of rotatable bonds is 10. The number of amides is 1. The van der Waals surface area contributed by atoms with E-state index in [1.165, 1.54) is 18.2 Å². The number of para-hydroxylation sites is 1. The van der Waals surface area contributed by atoms with Gasteiger partial charge in [-0.2, -0.15) is 0 Å². The molecule has 1 aliphatic heterocycles. The van der Waals surface area contributed by atoms with E-state index in [1.54, 1.807) is 24.3 Å². The van der Waals surface area contributed by atoms with Gasteiger partial charge in [0.05, 0.1) is 36.0 Å². The van der Waals surface area contributed by atoms with Crippen LogP contribution in [0, 0.1) is 17.2 Å². The van der Waals surface area contributed by atoms with Gasteiger partial charge in [-0.05, 0) is 79.1 Å². The molecule has 1 unspecified atom stereocenters. The molecule has 1 saturated carbocycles. The van der Waals surface area contributed by atoms with Crippen LogP contribution < -0.4 is 4.31 Å². The van der Waals surface area contributed by atoms with Crippen molar-refractivity contribution in [2.24, 2.45) is 11.3 Å². The number of nitrogens with zero attached hydrogens (tertiary/aromatic N) is 2. The summed E-state index contributed by atoms with van der Waals surface area (Å²) < 4.78 is 42.5. The van der Waals surface area contributed by atoms with Gasteiger partial charge in [0, 0.05) is 16.0 Å². The van der Waals surface area contributed by atoms with Gasteiger partial charge in [0.15, 0.2) is 0 Å². The lowest BCUT2D eigenvalue weighted by Gasteiger charge is -2.52. The molecule has 0 spiro atoms. The summed E-state index contributed by atoms with van der Waals surface area (Å²) in [6.45, 7) is 5.84. The van der Waals surface area contributed by atoms with Crippen molar-refractivity contribution in [3.63, 3.8) is 0 Å². The van der Waals surface area contributed by atoms with Gasteiger partial charge < -0.3 is 4.90 Å². The zero-order chi connectivity index (χ0) is 30.2. The smallest absolute Gasteiger partial charge is 0.232 e. The van der Waals surface area contributed by atoms with E-state index >= 15 is 4.39 Å². The Hall–Kier alpha value is -2.87. The third-order valence-electron chi connectivity index (χ3n) is 8.58. The van der Waals surface area contributed by atoms with Gasteiger partial charge in [-0.1, -0.05) is 72.6 Å². The molecule has 1 amide bonds. The van der Waals surface area contributed by atoms with E-state index < -0.39 is 33.3 Å². The van der Waals surface area contributed by atoms with Gasteiger partial charge in [0.2, 0.25) is 15.9 Å². The van der Waals surface area contributed by atoms with Crippen LogP contribution in [-0.4, -0.2) is 38.1 Å². The quantitative estimate of drug-likeness (QED) is 0.214. The summed E-state index contributed by atoms with van der Waals surface area (Å²) in [4.78, 5) is 16.6. The predicted octanol–water partition coefficient (Wildman–Crippen LogP) is 8.02. The molecule has 9 heteroatoms. The molecule has 2 aliphatic rings. The highest BCUT2D eigenvalue weighted by atomic mass is 35.5. The Morgan fingerprint density at radius 3 is 2.33 bits per heavy atom. The largest absolute Gasteiger partial charge is 0.329 e. The fraction of sp³-hybridized carbons (Fsp3) is 0.364. The second kappa shape index (κ2) is 12.0. The molecule has 3 aromatic rings. The lowest BCUT2D eigenvalue weighted by Crippen LogP contribution is -2.59. The third kappa shape index (κ3) is 6.24. The van der Waals surface area contributed by atoms with Crippen LogP contribution in [-0.2, 0) is 14.8 Å². The summed E-state index contributed by atoms with van der Waals surface area (Å²) in [7, 11) is -3.89. The van der Waals surface area contributed by atoms with Crippen molar-refractivity contribution in [2.45, 2.75) is 50.6 Å². The average Bonchev–Trinajstić information content (AvgIpc) is 3.77. The molecule has 1 saturated heterocycles. The van der Waals surface area contributed by atoms with Gasteiger partial charge in [0.1, 0.15) is 5.82 Å². The van der Waals surface area contributed by atoms with Crippen molar-refractivity contribution >= 4 is 44.8 Å². The number of likely N-dealkylation sites (tertiary alicyclic amines) is 1. The van der Waals surface area contributed by atoms with E-state index in [-0.39, 0.29) is 30.0 Å². The predicted molar refractivity (Wildman–Crippen MR) is 168 cm³/mol. The highest BCUT2D eigenvalue weighted by Crippen LogP contribution is 2.54. The molecular weight excluding hydrogens is 594 g/mol. The first-order valence-electron chi connectivity index (χ1n) is 14.1. The normalized spacial score (nSPS) is 23.5. The fourth-order valence-corrected chi connectivity index (χ4v) is 7.69. The van der Waals surface area contributed by atoms with Crippen molar-refractivity contribution in [3.05, 3.63) is 112 Å². The Balaban J connectivity index is 1.70. The topological polar surface area (TPSA) is 57.7 Å². The third-order valence-corrected chi connectivity index (χ3v) is 10.2. The van der Waals surface area contributed by atoms with Crippen LogP contribution in [0.4, 0.5) is 10.1 Å². The molecule has 5 nitrogen and oxygen atoms in total. The molecule has 1 aliphatic carbocycles. The number of anilines is 1. The maximum Gasteiger partial charge on any atom is 0.232 e. The SMILES string of the molecule is C=CC[C@@]1(C)C[C@H](c2cccc(Cl)c2)C(c2ccc(Cl)cc2)N([C@H](CN(c2ccccc2F)S(C)(=O)=O)C2CC2)C1=O. The van der Waals surface area contributed by atoms with Crippen LogP contribution in [0.2, 0.25) is 10.0 Å².